The summed E-state index contributed by atoms with van der Waals surface area (Å²) < 4.78 is 5.05. The molecular formula is C43H29N3S. The fraction of sp³-hybridized carbons (Fsp3) is 0.0698. The van der Waals surface area contributed by atoms with Crippen LogP contribution >= 0.6 is 11.3 Å². The zero-order valence-corrected chi connectivity index (χ0v) is 26.8. The van der Waals surface area contributed by atoms with Crippen LogP contribution in [0.5, 0.6) is 0 Å². The number of para-hydroxylation sites is 2. The van der Waals surface area contributed by atoms with Crippen molar-refractivity contribution in [3.05, 3.63) is 151 Å². The van der Waals surface area contributed by atoms with E-state index in [0.717, 1.165) is 34.0 Å². The first-order valence-corrected chi connectivity index (χ1v) is 16.9. The van der Waals surface area contributed by atoms with Gasteiger partial charge in [-0.1, -0.05) is 117 Å². The van der Waals surface area contributed by atoms with E-state index in [1.807, 2.05) is 11.3 Å². The standard InChI is InChI=1S/C43H29N3S/c1-43(2)31-20-10-6-16-27(31)41-39(43)40(26-14-4-3-5-15-26)44-42(45-41)29-18-8-12-22-33(29)46-32-21-11-7-17-28(32)37-34(46)24-25-36-38(37)30-19-9-13-23-35(30)47-36/h3-25H,1-2H3. The van der Waals surface area contributed by atoms with Gasteiger partial charge in [-0.3, -0.25) is 0 Å². The molecule has 0 saturated heterocycles. The van der Waals surface area contributed by atoms with E-state index in [1.54, 1.807) is 0 Å². The number of benzene rings is 6. The molecule has 4 heteroatoms. The lowest BCUT2D eigenvalue weighted by atomic mass is 9.81. The minimum atomic E-state index is -0.226. The third kappa shape index (κ3) is 3.67. The second-order valence-electron chi connectivity index (χ2n) is 13.0. The van der Waals surface area contributed by atoms with Gasteiger partial charge in [0.25, 0.3) is 0 Å². The van der Waals surface area contributed by atoms with Gasteiger partial charge in [-0.2, -0.15) is 0 Å². The van der Waals surface area contributed by atoms with Crippen LogP contribution in [-0.2, 0) is 5.41 Å². The van der Waals surface area contributed by atoms with Gasteiger partial charge >= 0.3 is 0 Å². The van der Waals surface area contributed by atoms with Gasteiger partial charge in [-0.05, 0) is 42.0 Å². The van der Waals surface area contributed by atoms with Crippen molar-refractivity contribution in [1.29, 1.82) is 0 Å². The van der Waals surface area contributed by atoms with E-state index in [1.165, 1.54) is 58.7 Å². The Bertz CT molecular complexity index is 2710. The van der Waals surface area contributed by atoms with Crippen molar-refractivity contribution in [2.75, 3.05) is 0 Å². The number of hydrogen-bond acceptors (Lipinski definition) is 3. The smallest absolute Gasteiger partial charge is 0.162 e. The molecule has 0 radical (unpaired) electrons. The first-order chi connectivity index (χ1) is 23.1. The van der Waals surface area contributed by atoms with Gasteiger partial charge in [0, 0.05) is 58.6 Å². The molecule has 0 aliphatic heterocycles. The average Bonchev–Trinajstić information content (AvgIpc) is 3.74. The first-order valence-electron chi connectivity index (χ1n) is 16.1. The molecule has 0 spiro atoms. The molecule has 3 aromatic heterocycles. The molecule has 0 saturated carbocycles. The Hall–Kier alpha value is -5.58. The van der Waals surface area contributed by atoms with E-state index in [2.05, 4.69) is 158 Å². The van der Waals surface area contributed by atoms with Gasteiger partial charge in [0.2, 0.25) is 0 Å². The fourth-order valence-electron chi connectivity index (χ4n) is 7.93. The van der Waals surface area contributed by atoms with Gasteiger partial charge < -0.3 is 4.57 Å². The highest BCUT2D eigenvalue weighted by atomic mass is 32.1. The summed E-state index contributed by atoms with van der Waals surface area (Å²) in [6, 6.07) is 50.1. The summed E-state index contributed by atoms with van der Waals surface area (Å²) in [4.78, 5) is 10.9. The summed E-state index contributed by atoms with van der Waals surface area (Å²) in [6.45, 7) is 4.60. The third-order valence-corrected chi connectivity index (χ3v) is 11.1. The molecule has 47 heavy (non-hydrogen) atoms. The first kappa shape index (κ1) is 26.6. The van der Waals surface area contributed by atoms with Crippen LogP contribution in [0.2, 0.25) is 0 Å². The van der Waals surface area contributed by atoms with Gasteiger partial charge in [-0.25, -0.2) is 9.97 Å². The molecule has 10 rings (SSSR count). The summed E-state index contributed by atoms with van der Waals surface area (Å²) in [5, 5.41) is 5.18. The minimum absolute atomic E-state index is 0.226. The van der Waals surface area contributed by atoms with E-state index in [9.17, 15) is 0 Å². The predicted molar refractivity (Wildman–Crippen MR) is 198 cm³/mol. The van der Waals surface area contributed by atoms with Crippen LogP contribution in [0.4, 0.5) is 0 Å². The second-order valence-corrected chi connectivity index (χ2v) is 14.0. The molecule has 0 fully saturated rings. The Labute approximate surface area is 276 Å². The molecule has 6 aromatic carbocycles. The van der Waals surface area contributed by atoms with E-state index in [-0.39, 0.29) is 5.41 Å². The maximum atomic E-state index is 5.45. The van der Waals surface area contributed by atoms with Crippen LogP contribution in [0.25, 0.3) is 81.6 Å². The maximum Gasteiger partial charge on any atom is 0.162 e. The molecule has 9 aromatic rings. The molecule has 3 heterocycles. The van der Waals surface area contributed by atoms with Crippen LogP contribution in [-0.4, -0.2) is 14.5 Å². The Kier molecular flexibility index (Phi) is 5.50. The largest absolute Gasteiger partial charge is 0.308 e. The van der Waals surface area contributed by atoms with Crippen LogP contribution < -0.4 is 0 Å². The van der Waals surface area contributed by atoms with Crippen LogP contribution in [0.1, 0.15) is 25.0 Å². The van der Waals surface area contributed by atoms with Crippen molar-refractivity contribution in [3.8, 4) is 39.6 Å². The lowest BCUT2D eigenvalue weighted by Crippen LogP contribution is -2.17. The van der Waals surface area contributed by atoms with Crippen molar-refractivity contribution in [1.82, 2.24) is 14.5 Å². The van der Waals surface area contributed by atoms with Crippen molar-refractivity contribution >= 4 is 53.3 Å². The van der Waals surface area contributed by atoms with Gasteiger partial charge in [0.05, 0.1) is 28.1 Å². The number of rotatable bonds is 3. The highest BCUT2D eigenvalue weighted by molar-refractivity contribution is 7.26. The number of hydrogen-bond donors (Lipinski definition) is 0. The van der Waals surface area contributed by atoms with Gasteiger partial charge in [-0.15, -0.1) is 11.3 Å². The second kappa shape index (κ2) is 9.71. The maximum absolute atomic E-state index is 5.45. The highest BCUT2D eigenvalue weighted by Gasteiger charge is 2.40. The van der Waals surface area contributed by atoms with Crippen molar-refractivity contribution in [2.45, 2.75) is 19.3 Å². The van der Waals surface area contributed by atoms with E-state index in [4.69, 9.17) is 9.97 Å². The Balaban J connectivity index is 1.30. The average molecular weight is 620 g/mol. The zero-order chi connectivity index (χ0) is 31.3. The van der Waals surface area contributed by atoms with Gasteiger partial charge in [0.1, 0.15) is 0 Å². The summed E-state index contributed by atoms with van der Waals surface area (Å²) >= 11 is 1.87. The van der Waals surface area contributed by atoms with E-state index < -0.39 is 0 Å². The lowest BCUT2D eigenvalue weighted by Gasteiger charge is -2.24. The minimum Gasteiger partial charge on any atom is -0.308 e. The highest BCUT2D eigenvalue weighted by Crippen LogP contribution is 2.52. The Morgan fingerprint density at radius 1 is 0.532 bits per heavy atom. The Morgan fingerprint density at radius 2 is 1.21 bits per heavy atom. The van der Waals surface area contributed by atoms with Crippen molar-refractivity contribution in [2.24, 2.45) is 0 Å². The molecule has 0 atom stereocenters. The number of thiophene rings is 1. The normalized spacial score (nSPS) is 13.5. The fourth-order valence-corrected chi connectivity index (χ4v) is 9.05. The van der Waals surface area contributed by atoms with E-state index >= 15 is 0 Å². The van der Waals surface area contributed by atoms with Gasteiger partial charge in [0.15, 0.2) is 5.82 Å². The molecule has 3 nitrogen and oxygen atoms in total. The zero-order valence-electron chi connectivity index (χ0n) is 26.0. The molecule has 0 unspecified atom stereocenters. The summed E-state index contributed by atoms with van der Waals surface area (Å²) in [6.07, 6.45) is 0. The van der Waals surface area contributed by atoms with Crippen molar-refractivity contribution in [3.63, 3.8) is 0 Å². The molecule has 1 aliphatic carbocycles. The monoisotopic (exact) mass is 619 g/mol. The molecule has 0 bridgehead atoms. The quantitative estimate of drug-likeness (QED) is 0.197. The Morgan fingerprint density at radius 3 is 2.09 bits per heavy atom. The summed E-state index contributed by atoms with van der Waals surface area (Å²) in [7, 11) is 0. The molecule has 222 valence electrons. The van der Waals surface area contributed by atoms with E-state index in [0.29, 0.717) is 0 Å². The summed E-state index contributed by atoms with van der Waals surface area (Å²) in [5.74, 6) is 0.735. The third-order valence-electron chi connectivity index (χ3n) is 10.00. The number of nitrogens with zero attached hydrogens (tertiary/aromatic N) is 3. The van der Waals surface area contributed by atoms with Crippen molar-refractivity contribution < 1.29 is 0 Å². The lowest BCUT2D eigenvalue weighted by molar-refractivity contribution is 0.658. The SMILES string of the molecule is CC1(C)c2ccccc2-c2nc(-c3ccccc3-n3c4ccccc4c4c5c(ccc43)sc3ccccc35)nc(-c3ccccc3)c21. The topological polar surface area (TPSA) is 30.7 Å². The van der Waals surface area contributed by atoms with Crippen LogP contribution in [0.15, 0.2) is 140 Å². The molecule has 0 amide bonds. The predicted octanol–water partition coefficient (Wildman–Crippen LogP) is 11.6. The van der Waals surface area contributed by atoms with Crippen LogP contribution in [0, 0.1) is 0 Å². The molecule has 0 N–H and O–H groups in total. The summed E-state index contributed by atoms with van der Waals surface area (Å²) in [5.41, 5.74) is 11.0. The van der Waals surface area contributed by atoms with Crippen LogP contribution in [0.3, 0.4) is 0 Å². The number of fused-ring (bicyclic) bond motifs is 10. The number of aromatic nitrogens is 3. The molecular weight excluding hydrogens is 591 g/mol. The molecule has 1 aliphatic rings.